The highest BCUT2D eigenvalue weighted by Gasteiger charge is 2.15. The normalized spacial score (nSPS) is 11.5. The molecule has 2 aromatic heterocycles. The topological polar surface area (TPSA) is 61.4 Å². The molecule has 3 aromatic rings. The quantitative estimate of drug-likeness (QED) is 0.516. The van der Waals surface area contributed by atoms with Crippen LogP contribution in [0.4, 0.5) is 0 Å². The maximum atomic E-state index is 12.7. The second-order valence-electron chi connectivity index (χ2n) is 4.91. The molecule has 0 atom stereocenters. The van der Waals surface area contributed by atoms with Gasteiger partial charge in [-0.05, 0) is 25.5 Å². The van der Waals surface area contributed by atoms with Gasteiger partial charge in [0.15, 0.2) is 5.82 Å². The predicted octanol–water partition coefficient (Wildman–Crippen LogP) is 2.21. The summed E-state index contributed by atoms with van der Waals surface area (Å²) in [6.45, 7) is 3.76. The van der Waals surface area contributed by atoms with Gasteiger partial charge < -0.3 is 4.74 Å². The van der Waals surface area contributed by atoms with Gasteiger partial charge in [-0.2, -0.15) is 0 Å². The van der Waals surface area contributed by atoms with Crippen LogP contribution in [0.25, 0.3) is 16.7 Å². The Hall–Kier alpha value is -1.92. The van der Waals surface area contributed by atoms with Crippen LogP contribution in [0.1, 0.15) is 19.2 Å². The molecule has 0 saturated heterocycles. The third kappa shape index (κ3) is 2.48. The molecule has 22 heavy (non-hydrogen) atoms. The molecule has 0 unspecified atom stereocenters. The monoisotopic (exact) mass is 320 g/mol. The second kappa shape index (κ2) is 6.46. The van der Waals surface area contributed by atoms with E-state index in [4.69, 9.17) is 16.3 Å². The first-order valence-corrected chi connectivity index (χ1v) is 7.80. The molecule has 6 nitrogen and oxygen atoms in total. The van der Waals surface area contributed by atoms with Crippen LogP contribution in [-0.4, -0.2) is 32.4 Å². The Morgan fingerprint density at radius 3 is 2.86 bits per heavy atom. The van der Waals surface area contributed by atoms with Crippen LogP contribution in [0.2, 0.25) is 0 Å². The number of rotatable bonds is 6. The van der Waals surface area contributed by atoms with Crippen molar-refractivity contribution in [2.24, 2.45) is 0 Å². The highest BCUT2D eigenvalue weighted by Crippen LogP contribution is 2.15. The number of halogens is 1. The van der Waals surface area contributed by atoms with Crippen molar-refractivity contribution >= 4 is 28.3 Å². The van der Waals surface area contributed by atoms with E-state index in [0.29, 0.717) is 36.7 Å². The average molecular weight is 321 g/mol. The lowest BCUT2D eigenvalue weighted by Gasteiger charge is -2.10. The summed E-state index contributed by atoms with van der Waals surface area (Å²) in [6.07, 6.45) is 0.741. The molecule has 0 radical (unpaired) electrons. The number of fused-ring (bicyclic) bond motifs is 3. The van der Waals surface area contributed by atoms with Crippen LogP contribution < -0.4 is 5.56 Å². The van der Waals surface area contributed by atoms with Crippen molar-refractivity contribution < 1.29 is 4.74 Å². The zero-order valence-corrected chi connectivity index (χ0v) is 13.1. The number of hydrogen-bond acceptors (Lipinski definition) is 4. The van der Waals surface area contributed by atoms with Crippen molar-refractivity contribution in [2.75, 3.05) is 13.2 Å². The molecule has 3 rings (SSSR count). The Morgan fingerprint density at radius 2 is 2.09 bits per heavy atom. The molecule has 116 valence electrons. The van der Waals surface area contributed by atoms with E-state index in [1.54, 1.807) is 4.57 Å². The van der Waals surface area contributed by atoms with Gasteiger partial charge in [-0.1, -0.05) is 12.1 Å². The minimum absolute atomic E-state index is 0.0619. The molecule has 0 aliphatic carbocycles. The lowest BCUT2D eigenvalue weighted by Crippen LogP contribution is -2.24. The molecule has 0 saturated carbocycles. The summed E-state index contributed by atoms with van der Waals surface area (Å²) in [5.41, 5.74) is 0.720. The Morgan fingerprint density at radius 1 is 1.27 bits per heavy atom. The Labute approximate surface area is 132 Å². The molecule has 7 heteroatoms. The van der Waals surface area contributed by atoms with Crippen LogP contribution in [0.3, 0.4) is 0 Å². The first-order valence-electron chi connectivity index (χ1n) is 7.27. The van der Waals surface area contributed by atoms with Crippen molar-refractivity contribution in [3.63, 3.8) is 0 Å². The van der Waals surface area contributed by atoms with Crippen molar-refractivity contribution in [1.82, 2.24) is 19.2 Å². The Kier molecular flexibility index (Phi) is 4.40. The van der Waals surface area contributed by atoms with Crippen molar-refractivity contribution in [3.05, 3.63) is 40.4 Å². The van der Waals surface area contributed by atoms with E-state index >= 15 is 0 Å². The van der Waals surface area contributed by atoms with Gasteiger partial charge >= 0.3 is 0 Å². The molecular formula is C15H17ClN4O2. The van der Waals surface area contributed by atoms with Crippen LogP contribution in [0.15, 0.2) is 29.1 Å². The number of para-hydroxylation sites is 1. The fourth-order valence-electron chi connectivity index (χ4n) is 2.57. The van der Waals surface area contributed by atoms with Gasteiger partial charge in [0, 0.05) is 19.8 Å². The first-order chi connectivity index (χ1) is 10.8. The molecule has 0 spiro atoms. The third-order valence-electron chi connectivity index (χ3n) is 3.57. The zero-order chi connectivity index (χ0) is 15.5. The van der Waals surface area contributed by atoms with Gasteiger partial charge in [-0.3, -0.25) is 13.8 Å². The lowest BCUT2D eigenvalue weighted by molar-refractivity contribution is 0.141. The maximum absolute atomic E-state index is 12.7. The van der Waals surface area contributed by atoms with Crippen LogP contribution in [0.5, 0.6) is 0 Å². The van der Waals surface area contributed by atoms with Crippen molar-refractivity contribution in [2.45, 2.75) is 25.8 Å². The molecule has 0 amide bonds. The van der Waals surface area contributed by atoms with Gasteiger partial charge in [0.2, 0.25) is 5.78 Å². The fraction of sp³-hybridized carbons (Fsp3) is 0.400. The van der Waals surface area contributed by atoms with Crippen molar-refractivity contribution in [3.8, 4) is 0 Å². The average Bonchev–Trinajstić information content (AvgIpc) is 2.98. The first kappa shape index (κ1) is 15.0. The highest BCUT2D eigenvalue weighted by molar-refractivity contribution is 6.16. The second-order valence-corrected chi connectivity index (χ2v) is 5.18. The van der Waals surface area contributed by atoms with Crippen LogP contribution in [0, 0.1) is 0 Å². The largest absolute Gasteiger partial charge is 0.382 e. The van der Waals surface area contributed by atoms with Crippen LogP contribution >= 0.6 is 11.6 Å². The number of benzene rings is 1. The Balaban J connectivity index is 2.19. The summed E-state index contributed by atoms with van der Waals surface area (Å²) in [5, 5.41) is 8.89. The number of aromatic nitrogens is 4. The summed E-state index contributed by atoms with van der Waals surface area (Å²) in [7, 11) is 0. The maximum Gasteiger partial charge on any atom is 0.262 e. The van der Waals surface area contributed by atoms with E-state index in [0.717, 1.165) is 11.9 Å². The van der Waals surface area contributed by atoms with E-state index in [9.17, 15) is 4.79 Å². The summed E-state index contributed by atoms with van der Waals surface area (Å²) in [4.78, 5) is 12.7. The van der Waals surface area contributed by atoms with Gasteiger partial charge in [0.1, 0.15) is 0 Å². The van der Waals surface area contributed by atoms with Gasteiger partial charge in [0.05, 0.1) is 16.8 Å². The SMILES string of the molecule is CCOCCCn1c(=O)c2ccccc2n2c(CCl)nnc12. The van der Waals surface area contributed by atoms with Gasteiger partial charge in [-0.15, -0.1) is 21.8 Å². The lowest BCUT2D eigenvalue weighted by atomic mass is 10.2. The summed E-state index contributed by atoms with van der Waals surface area (Å²) in [6, 6.07) is 7.44. The van der Waals surface area contributed by atoms with E-state index < -0.39 is 0 Å². The van der Waals surface area contributed by atoms with E-state index in [1.807, 2.05) is 35.6 Å². The fourth-order valence-corrected chi connectivity index (χ4v) is 2.74. The number of alkyl halides is 1. The number of nitrogens with zero attached hydrogens (tertiary/aromatic N) is 4. The zero-order valence-electron chi connectivity index (χ0n) is 12.3. The standard InChI is InChI=1S/C15H17ClN4O2/c1-2-22-9-5-8-19-14(21)11-6-3-4-7-12(11)20-13(10-16)17-18-15(19)20/h3-4,6-7H,2,5,8-10H2,1H3. The molecule has 0 aliphatic heterocycles. The predicted molar refractivity (Wildman–Crippen MR) is 85.4 cm³/mol. The number of hydrogen-bond donors (Lipinski definition) is 0. The minimum Gasteiger partial charge on any atom is -0.382 e. The Bertz CT molecular complexity index is 856. The number of ether oxygens (including phenoxy) is 1. The van der Waals surface area contributed by atoms with E-state index in [-0.39, 0.29) is 11.4 Å². The molecule has 1 aromatic carbocycles. The smallest absolute Gasteiger partial charge is 0.262 e. The molecule has 0 fully saturated rings. The van der Waals surface area contributed by atoms with Crippen LogP contribution in [-0.2, 0) is 17.2 Å². The molecular weight excluding hydrogens is 304 g/mol. The molecule has 2 heterocycles. The summed E-state index contributed by atoms with van der Waals surface area (Å²) in [5.74, 6) is 1.39. The number of aryl methyl sites for hydroxylation is 1. The summed E-state index contributed by atoms with van der Waals surface area (Å²) >= 11 is 5.95. The van der Waals surface area contributed by atoms with E-state index in [1.165, 1.54) is 0 Å². The highest BCUT2D eigenvalue weighted by atomic mass is 35.5. The minimum atomic E-state index is -0.0619. The molecule has 0 bridgehead atoms. The van der Waals surface area contributed by atoms with Gasteiger partial charge in [-0.25, -0.2) is 0 Å². The van der Waals surface area contributed by atoms with Gasteiger partial charge in [0.25, 0.3) is 5.56 Å². The van der Waals surface area contributed by atoms with Crippen molar-refractivity contribution in [1.29, 1.82) is 0 Å². The summed E-state index contributed by atoms with van der Waals surface area (Å²) < 4.78 is 8.84. The molecule has 0 aliphatic rings. The van der Waals surface area contributed by atoms with E-state index in [2.05, 4.69) is 10.2 Å². The third-order valence-corrected chi connectivity index (χ3v) is 3.81. The molecule has 0 N–H and O–H groups in total.